The minimum Gasteiger partial charge on any atom is -0.489 e. The number of carbonyl (C=O) groups is 1. The van der Waals surface area contributed by atoms with Crippen LogP contribution in [0.2, 0.25) is 5.02 Å². The molecule has 140 valence electrons. The number of hydrogen-bond donors (Lipinski definition) is 0. The first-order valence-corrected chi connectivity index (χ1v) is 9.58. The first-order chi connectivity index (χ1) is 13.5. The number of ketones is 1. The Balaban J connectivity index is 1.55. The molecule has 0 bridgehead atoms. The summed E-state index contributed by atoms with van der Waals surface area (Å²) >= 11 is 9.47. The highest BCUT2D eigenvalue weighted by Crippen LogP contribution is 2.36. The van der Waals surface area contributed by atoms with Gasteiger partial charge in [0, 0.05) is 16.1 Å². The summed E-state index contributed by atoms with van der Waals surface area (Å²) in [4.78, 5) is 12.6. The lowest BCUT2D eigenvalue weighted by Gasteiger charge is -2.09. The van der Waals surface area contributed by atoms with Crippen molar-refractivity contribution >= 4 is 39.4 Å². The normalized spacial score (nSPS) is 14.1. The number of rotatable bonds is 4. The second-order valence-corrected chi connectivity index (χ2v) is 7.37. The van der Waals surface area contributed by atoms with Crippen molar-refractivity contribution in [2.45, 2.75) is 6.61 Å². The Bertz CT molecular complexity index is 1090. The van der Waals surface area contributed by atoms with Crippen molar-refractivity contribution in [2.75, 3.05) is 0 Å². The standard InChI is InChI=1S/C22H13BrClFO3/c23-17-5-2-1-4-13(17)10-21-22(26)15-9-8-14(11-20(15)28-21)27-12-16-18(24)6-3-7-19(16)25/h1-11H,12H2. The van der Waals surface area contributed by atoms with Gasteiger partial charge in [-0.05, 0) is 42.0 Å². The first-order valence-electron chi connectivity index (χ1n) is 8.41. The highest BCUT2D eigenvalue weighted by Gasteiger charge is 2.28. The van der Waals surface area contributed by atoms with Crippen LogP contribution in [0.4, 0.5) is 4.39 Å². The Kier molecular flexibility index (Phi) is 5.20. The van der Waals surface area contributed by atoms with Crippen molar-refractivity contribution in [1.82, 2.24) is 0 Å². The minimum atomic E-state index is -0.432. The molecule has 1 heterocycles. The largest absolute Gasteiger partial charge is 0.489 e. The second kappa shape index (κ2) is 7.78. The summed E-state index contributed by atoms with van der Waals surface area (Å²) in [6.07, 6.45) is 1.69. The fourth-order valence-electron chi connectivity index (χ4n) is 2.82. The van der Waals surface area contributed by atoms with E-state index in [1.54, 1.807) is 30.3 Å². The molecular formula is C22H13BrClFO3. The number of ether oxygens (including phenoxy) is 2. The number of fused-ring (bicyclic) bond motifs is 1. The maximum atomic E-state index is 13.9. The van der Waals surface area contributed by atoms with Crippen LogP contribution in [0.5, 0.6) is 11.5 Å². The maximum absolute atomic E-state index is 13.9. The molecule has 28 heavy (non-hydrogen) atoms. The van der Waals surface area contributed by atoms with E-state index in [-0.39, 0.29) is 23.7 Å². The monoisotopic (exact) mass is 458 g/mol. The fourth-order valence-corrected chi connectivity index (χ4v) is 3.43. The number of halogens is 3. The van der Waals surface area contributed by atoms with Crippen molar-refractivity contribution in [3.63, 3.8) is 0 Å². The van der Waals surface area contributed by atoms with Gasteiger partial charge in [0.1, 0.15) is 23.9 Å². The predicted octanol–water partition coefficient (Wildman–Crippen LogP) is 6.44. The van der Waals surface area contributed by atoms with Crippen LogP contribution in [-0.2, 0) is 6.61 Å². The Morgan fingerprint density at radius 2 is 1.93 bits per heavy atom. The third-order valence-electron chi connectivity index (χ3n) is 4.28. The molecule has 1 aliphatic rings. The molecule has 0 fully saturated rings. The SMILES string of the molecule is O=C1C(=Cc2ccccc2Br)Oc2cc(OCc3c(F)cccc3Cl)ccc21. The molecule has 3 aromatic carbocycles. The average molecular weight is 460 g/mol. The predicted molar refractivity (Wildman–Crippen MR) is 109 cm³/mol. The topological polar surface area (TPSA) is 35.5 Å². The number of hydrogen-bond acceptors (Lipinski definition) is 3. The van der Waals surface area contributed by atoms with Gasteiger partial charge in [0.2, 0.25) is 5.78 Å². The van der Waals surface area contributed by atoms with Crippen LogP contribution >= 0.6 is 27.5 Å². The third kappa shape index (κ3) is 3.68. The van der Waals surface area contributed by atoms with Crippen molar-refractivity contribution in [3.05, 3.63) is 98.4 Å². The van der Waals surface area contributed by atoms with Crippen molar-refractivity contribution in [3.8, 4) is 11.5 Å². The molecule has 0 aliphatic carbocycles. The summed E-state index contributed by atoms with van der Waals surface area (Å²) in [6.45, 7) is -0.0299. The zero-order valence-electron chi connectivity index (χ0n) is 14.4. The molecule has 0 amide bonds. The molecule has 0 saturated heterocycles. The molecule has 0 N–H and O–H groups in total. The highest BCUT2D eigenvalue weighted by atomic mass is 79.9. The van der Waals surface area contributed by atoms with Gasteiger partial charge in [-0.2, -0.15) is 0 Å². The fraction of sp³-hybridized carbons (Fsp3) is 0.0455. The van der Waals surface area contributed by atoms with Gasteiger partial charge in [-0.25, -0.2) is 4.39 Å². The van der Waals surface area contributed by atoms with Crippen molar-refractivity contribution in [1.29, 1.82) is 0 Å². The summed E-state index contributed by atoms with van der Waals surface area (Å²) < 4.78 is 26.1. The number of benzene rings is 3. The molecule has 0 atom stereocenters. The summed E-state index contributed by atoms with van der Waals surface area (Å²) in [5, 5.41) is 0.297. The van der Waals surface area contributed by atoms with Gasteiger partial charge in [-0.15, -0.1) is 0 Å². The Morgan fingerprint density at radius 3 is 2.71 bits per heavy atom. The van der Waals surface area contributed by atoms with Crippen LogP contribution in [0, 0.1) is 5.82 Å². The molecule has 3 nitrogen and oxygen atoms in total. The van der Waals surface area contributed by atoms with Crippen molar-refractivity contribution in [2.24, 2.45) is 0 Å². The Hall–Kier alpha value is -2.63. The van der Waals surface area contributed by atoms with E-state index < -0.39 is 5.82 Å². The molecule has 0 spiro atoms. The summed E-state index contributed by atoms with van der Waals surface area (Å²) in [5.41, 5.74) is 1.56. The van der Waals surface area contributed by atoms with E-state index in [9.17, 15) is 9.18 Å². The van der Waals surface area contributed by atoms with E-state index in [4.69, 9.17) is 21.1 Å². The van der Waals surface area contributed by atoms with E-state index in [2.05, 4.69) is 15.9 Å². The van der Waals surface area contributed by atoms with Gasteiger partial charge < -0.3 is 9.47 Å². The number of carbonyl (C=O) groups excluding carboxylic acids is 1. The lowest BCUT2D eigenvalue weighted by molar-refractivity contribution is 0.101. The lowest BCUT2D eigenvalue weighted by atomic mass is 10.1. The van der Waals surface area contributed by atoms with E-state index in [1.807, 2.05) is 24.3 Å². The summed E-state index contributed by atoms with van der Waals surface area (Å²) in [7, 11) is 0. The van der Waals surface area contributed by atoms with Crippen molar-refractivity contribution < 1.29 is 18.7 Å². The quantitative estimate of drug-likeness (QED) is 0.421. The molecule has 0 saturated carbocycles. The van der Waals surface area contributed by atoms with E-state index in [0.29, 0.717) is 22.1 Å². The lowest BCUT2D eigenvalue weighted by Crippen LogP contribution is -1.99. The molecule has 0 unspecified atom stereocenters. The van der Waals surface area contributed by atoms with Gasteiger partial charge in [-0.3, -0.25) is 4.79 Å². The summed E-state index contributed by atoms with van der Waals surface area (Å²) in [5.74, 6) is 0.456. The molecule has 0 aromatic heterocycles. The average Bonchev–Trinajstić information content (AvgIpc) is 2.98. The van der Waals surface area contributed by atoms with Crippen LogP contribution < -0.4 is 9.47 Å². The molecule has 3 aromatic rings. The highest BCUT2D eigenvalue weighted by molar-refractivity contribution is 9.10. The smallest absolute Gasteiger partial charge is 0.231 e. The van der Waals surface area contributed by atoms with Gasteiger partial charge >= 0.3 is 0 Å². The van der Waals surface area contributed by atoms with Gasteiger partial charge in [0.25, 0.3) is 0 Å². The molecule has 1 aliphatic heterocycles. The maximum Gasteiger partial charge on any atom is 0.231 e. The molecule has 6 heteroatoms. The third-order valence-corrected chi connectivity index (χ3v) is 5.35. The van der Waals surface area contributed by atoms with Crippen LogP contribution in [0.25, 0.3) is 6.08 Å². The Labute approximate surface area is 174 Å². The van der Waals surface area contributed by atoms with Crippen LogP contribution in [0.3, 0.4) is 0 Å². The second-order valence-electron chi connectivity index (χ2n) is 6.11. The Morgan fingerprint density at radius 1 is 1.11 bits per heavy atom. The van der Waals surface area contributed by atoms with Crippen LogP contribution in [0.1, 0.15) is 21.5 Å². The molecular weight excluding hydrogens is 447 g/mol. The van der Waals surface area contributed by atoms with Gasteiger partial charge in [-0.1, -0.05) is 51.8 Å². The van der Waals surface area contributed by atoms with Gasteiger partial charge in [0.15, 0.2) is 5.76 Å². The van der Waals surface area contributed by atoms with E-state index in [0.717, 1.165) is 10.0 Å². The minimum absolute atomic E-state index is 0.0299. The zero-order valence-corrected chi connectivity index (χ0v) is 16.8. The van der Waals surface area contributed by atoms with Gasteiger partial charge in [0.05, 0.1) is 10.6 Å². The molecule has 4 rings (SSSR count). The van der Waals surface area contributed by atoms with Crippen LogP contribution in [-0.4, -0.2) is 5.78 Å². The van der Waals surface area contributed by atoms with E-state index in [1.165, 1.54) is 12.1 Å². The van der Waals surface area contributed by atoms with Crippen LogP contribution in [0.15, 0.2) is 70.9 Å². The molecule has 0 radical (unpaired) electrons. The number of Topliss-reactive ketones (excluding diaryl/α,β-unsaturated/α-hetero) is 1. The first kappa shape index (κ1) is 18.7. The summed E-state index contributed by atoms with van der Waals surface area (Å²) in [6, 6.07) is 16.9. The number of allylic oxidation sites excluding steroid dienone is 1. The zero-order chi connectivity index (χ0) is 19.7. The van der Waals surface area contributed by atoms with E-state index >= 15 is 0 Å².